The van der Waals surface area contributed by atoms with Gasteiger partial charge in [0.1, 0.15) is 4.88 Å². The van der Waals surface area contributed by atoms with E-state index in [1.54, 1.807) is 0 Å². The van der Waals surface area contributed by atoms with Crippen LogP contribution in [0.25, 0.3) is 0 Å². The summed E-state index contributed by atoms with van der Waals surface area (Å²) in [5.74, 6) is -0.00236. The Labute approximate surface area is 103 Å². The van der Waals surface area contributed by atoms with Gasteiger partial charge in [-0.05, 0) is 36.5 Å². The molecule has 0 fully saturated rings. The van der Waals surface area contributed by atoms with Crippen LogP contribution in [-0.2, 0) is 6.42 Å². The molecule has 0 spiro atoms. The van der Waals surface area contributed by atoms with Crippen LogP contribution in [0.1, 0.15) is 22.2 Å². The molecule has 1 aromatic carbocycles. The number of carbonyl (C=O) groups excluding carboxylic acids is 1. The average molecular weight is 245 g/mol. The normalized spacial score (nSPS) is 18.2. The Kier molecular flexibility index (Phi) is 2.40. The number of rotatable bonds is 1. The Bertz CT molecular complexity index is 553. The summed E-state index contributed by atoms with van der Waals surface area (Å²) in [6.07, 6.45) is 2.44. The maximum absolute atomic E-state index is 12.3. The first-order chi connectivity index (χ1) is 8.27. The van der Waals surface area contributed by atoms with Gasteiger partial charge in [-0.25, -0.2) is 0 Å². The second-order valence-electron chi connectivity index (χ2n) is 4.14. The second kappa shape index (κ2) is 3.92. The fourth-order valence-electron chi connectivity index (χ4n) is 2.26. The number of hydrogen-bond donors (Lipinski definition) is 0. The van der Waals surface area contributed by atoms with Crippen LogP contribution >= 0.6 is 11.5 Å². The lowest BCUT2D eigenvalue weighted by molar-refractivity contribution is 0.0985. The first-order valence-corrected chi connectivity index (χ1v) is 6.23. The Morgan fingerprint density at radius 1 is 1.47 bits per heavy atom. The molecule has 5 heteroatoms. The van der Waals surface area contributed by atoms with Crippen LogP contribution in [0, 0.1) is 0 Å². The molecule has 86 valence electrons. The van der Waals surface area contributed by atoms with Crippen molar-refractivity contribution in [3.05, 3.63) is 40.9 Å². The quantitative estimate of drug-likeness (QED) is 0.773. The molecule has 1 amide bonds. The smallest absolute Gasteiger partial charge is 0.271 e. The van der Waals surface area contributed by atoms with Crippen LogP contribution in [0.5, 0.6) is 0 Å². The minimum atomic E-state index is -0.00236. The van der Waals surface area contributed by atoms with E-state index in [4.69, 9.17) is 0 Å². The van der Waals surface area contributed by atoms with E-state index in [0.29, 0.717) is 4.88 Å². The van der Waals surface area contributed by atoms with E-state index in [1.165, 1.54) is 11.8 Å². The summed E-state index contributed by atoms with van der Waals surface area (Å²) >= 11 is 1.14. The summed E-state index contributed by atoms with van der Waals surface area (Å²) < 4.78 is 3.74. The summed E-state index contributed by atoms with van der Waals surface area (Å²) in [7, 11) is 0. The molecule has 2 aromatic rings. The number of para-hydroxylation sites is 1. The highest BCUT2D eigenvalue weighted by molar-refractivity contribution is 7.07. The van der Waals surface area contributed by atoms with Crippen LogP contribution in [0.15, 0.2) is 30.5 Å². The van der Waals surface area contributed by atoms with Crippen molar-refractivity contribution in [2.24, 2.45) is 0 Å². The van der Waals surface area contributed by atoms with E-state index >= 15 is 0 Å². The van der Waals surface area contributed by atoms with Crippen LogP contribution in [-0.4, -0.2) is 21.5 Å². The highest BCUT2D eigenvalue weighted by atomic mass is 32.1. The molecule has 1 aliphatic heterocycles. The molecule has 17 heavy (non-hydrogen) atoms. The zero-order valence-corrected chi connectivity index (χ0v) is 10.1. The number of anilines is 1. The van der Waals surface area contributed by atoms with Crippen LogP contribution in [0.3, 0.4) is 0 Å². The highest BCUT2D eigenvalue weighted by Crippen LogP contribution is 2.33. The first-order valence-electron chi connectivity index (χ1n) is 5.46. The third-order valence-electron chi connectivity index (χ3n) is 3.00. The summed E-state index contributed by atoms with van der Waals surface area (Å²) in [6.45, 7) is 2.06. The maximum atomic E-state index is 12.3. The third-order valence-corrected chi connectivity index (χ3v) is 3.65. The Hall–Kier alpha value is -1.75. The molecular formula is C12H11N3OS. The Balaban J connectivity index is 2.01. The third kappa shape index (κ3) is 1.63. The van der Waals surface area contributed by atoms with Gasteiger partial charge in [0.15, 0.2) is 0 Å². The van der Waals surface area contributed by atoms with Gasteiger partial charge < -0.3 is 4.90 Å². The molecule has 0 bridgehead atoms. The minimum absolute atomic E-state index is 0.00236. The average Bonchev–Trinajstić information content (AvgIpc) is 2.94. The number of nitrogens with zero attached hydrogens (tertiary/aromatic N) is 3. The zero-order valence-electron chi connectivity index (χ0n) is 9.33. The summed E-state index contributed by atoms with van der Waals surface area (Å²) in [4.78, 5) is 14.8. The molecule has 4 nitrogen and oxygen atoms in total. The first kappa shape index (κ1) is 10.4. The van der Waals surface area contributed by atoms with Crippen molar-refractivity contribution < 1.29 is 4.79 Å². The van der Waals surface area contributed by atoms with Crippen molar-refractivity contribution in [2.45, 2.75) is 19.4 Å². The summed E-state index contributed by atoms with van der Waals surface area (Å²) in [6, 6.07) is 8.23. The predicted molar refractivity (Wildman–Crippen MR) is 66.3 cm³/mol. The van der Waals surface area contributed by atoms with E-state index in [2.05, 4.69) is 22.6 Å². The zero-order chi connectivity index (χ0) is 11.8. The summed E-state index contributed by atoms with van der Waals surface area (Å²) in [5, 5.41) is 3.72. The van der Waals surface area contributed by atoms with Gasteiger partial charge in [0.05, 0.1) is 6.20 Å². The second-order valence-corrected chi connectivity index (χ2v) is 4.92. The Morgan fingerprint density at radius 2 is 2.29 bits per heavy atom. The van der Waals surface area contributed by atoms with Crippen molar-refractivity contribution in [3.63, 3.8) is 0 Å². The molecular weight excluding hydrogens is 234 g/mol. The lowest BCUT2D eigenvalue weighted by Gasteiger charge is -2.21. The molecule has 1 aromatic heterocycles. The fraction of sp³-hybridized carbons (Fsp3) is 0.250. The van der Waals surface area contributed by atoms with Gasteiger partial charge in [0.2, 0.25) is 0 Å². The van der Waals surface area contributed by atoms with E-state index < -0.39 is 0 Å². The van der Waals surface area contributed by atoms with Gasteiger partial charge in [0.25, 0.3) is 5.91 Å². The lowest BCUT2D eigenvalue weighted by Crippen LogP contribution is -2.35. The topological polar surface area (TPSA) is 46.1 Å². The van der Waals surface area contributed by atoms with E-state index in [0.717, 1.165) is 23.6 Å². The van der Waals surface area contributed by atoms with Gasteiger partial charge in [0, 0.05) is 11.7 Å². The molecule has 0 saturated carbocycles. The van der Waals surface area contributed by atoms with Crippen LogP contribution in [0.4, 0.5) is 5.69 Å². The molecule has 1 atom stereocenters. The lowest BCUT2D eigenvalue weighted by atomic mass is 10.1. The van der Waals surface area contributed by atoms with Crippen molar-refractivity contribution in [1.82, 2.24) is 9.59 Å². The summed E-state index contributed by atoms with van der Waals surface area (Å²) in [5.41, 5.74) is 2.24. The number of fused-ring (bicyclic) bond motifs is 1. The largest absolute Gasteiger partial charge is 0.304 e. The molecule has 0 unspecified atom stereocenters. The molecule has 2 heterocycles. The van der Waals surface area contributed by atoms with E-state index in [9.17, 15) is 4.79 Å². The monoisotopic (exact) mass is 245 g/mol. The number of benzene rings is 1. The van der Waals surface area contributed by atoms with Gasteiger partial charge >= 0.3 is 0 Å². The van der Waals surface area contributed by atoms with Crippen molar-refractivity contribution >= 4 is 23.1 Å². The predicted octanol–water partition coefficient (Wildman–Crippen LogP) is 2.13. The SMILES string of the molecule is C[C@H]1Cc2ccccc2N1C(=O)c1cnns1. The molecule has 1 aliphatic rings. The van der Waals surface area contributed by atoms with Gasteiger partial charge in [-0.2, -0.15) is 0 Å². The maximum Gasteiger partial charge on any atom is 0.271 e. The van der Waals surface area contributed by atoms with E-state index in [1.807, 2.05) is 23.1 Å². The minimum Gasteiger partial charge on any atom is -0.304 e. The number of carbonyl (C=O) groups is 1. The van der Waals surface area contributed by atoms with Gasteiger partial charge in [-0.1, -0.05) is 22.7 Å². The fourth-order valence-corrected chi connectivity index (χ4v) is 2.71. The van der Waals surface area contributed by atoms with E-state index in [-0.39, 0.29) is 11.9 Å². The number of amides is 1. The van der Waals surface area contributed by atoms with Crippen molar-refractivity contribution in [3.8, 4) is 0 Å². The standard InChI is InChI=1S/C12H11N3OS/c1-8-6-9-4-2-3-5-10(9)15(8)12(16)11-7-13-14-17-11/h2-5,7-8H,6H2,1H3/t8-/m0/s1. The van der Waals surface area contributed by atoms with Crippen LogP contribution in [0.2, 0.25) is 0 Å². The van der Waals surface area contributed by atoms with Gasteiger partial charge in [-0.3, -0.25) is 4.79 Å². The van der Waals surface area contributed by atoms with Crippen molar-refractivity contribution in [1.29, 1.82) is 0 Å². The van der Waals surface area contributed by atoms with Crippen molar-refractivity contribution in [2.75, 3.05) is 4.90 Å². The van der Waals surface area contributed by atoms with Crippen LogP contribution < -0.4 is 4.90 Å². The molecule has 0 N–H and O–H groups in total. The molecule has 0 saturated heterocycles. The number of hydrogen-bond acceptors (Lipinski definition) is 4. The molecule has 0 radical (unpaired) electrons. The van der Waals surface area contributed by atoms with Gasteiger partial charge in [-0.15, -0.1) is 5.10 Å². The number of aromatic nitrogens is 2. The molecule has 0 aliphatic carbocycles. The Morgan fingerprint density at radius 3 is 3.06 bits per heavy atom. The molecule has 3 rings (SSSR count). The highest BCUT2D eigenvalue weighted by Gasteiger charge is 2.31.